The maximum atomic E-state index is 13.2. The summed E-state index contributed by atoms with van der Waals surface area (Å²) in [6, 6.07) is 7.13. The molecule has 25 heavy (non-hydrogen) atoms. The number of carbonyl (C=O) groups excluding carboxylic acids is 1. The van der Waals surface area contributed by atoms with Crippen LogP contribution >= 0.6 is 0 Å². The first-order chi connectivity index (χ1) is 11.8. The Balaban J connectivity index is 1.76. The van der Waals surface area contributed by atoms with Gasteiger partial charge in [-0.2, -0.15) is 0 Å². The fourth-order valence-electron chi connectivity index (χ4n) is 2.81. The zero-order chi connectivity index (χ0) is 18.0. The van der Waals surface area contributed by atoms with Crippen LogP contribution in [-0.2, 0) is 9.84 Å². The summed E-state index contributed by atoms with van der Waals surface area (Å²) in [6.45, 7) is 0. The Morgan fingerprint density at radius 2 is 2.12 bits per heavy atom. The van der Waals surface area contributed by atoms with Crippen LogP contribution in [0.15, 0.2) is 42.7 Å². The molecule has 3 rings (SSSR count). The van der Waals surface area contributed by atoms with E-state index in [-0.39, 0.29) is 17.5 Å². The van der Waals surface area contributed by atoms with Crippen LogP contribution in [0.2, 0.25) is 0 Å². The molecule has 0 radical (unpaired) electrons. The van der Waals surface area contributed by atoms with Crippen molar-refractivity contribution in [1.29, 1.82) is 0 Å². The zero-order valence-corrected chi connectivity index (χ0v) is 14.5. The van der Waals surface area contributed by atoms with E-state index in [9.17, 15) is 17.6 Å². The number of pyridine rings is 1. The number of benzene rings is 1. The van der Waals surface area contributed by atoms with Gasteiger partial charge >= 0.3 is 0 Å². The lowest BCUT2D eigenvalue weighted by molar-refractivity contribution is 0.102. The van der Waals surface area contributed by atoms with Crippen molar-refractivity contribution >= 4 is 27.1 Å². The van der Waals surface area contributed by atoms with Crippen molar-refractivity contribution in [3.05, 3.63) is 54.1 Å². The smallest absolute Gasteiger partial charge is 0.257 e. The lowest BCUT2D eigenvalue weighted by atomic mass is 10.2. The van der Waals surface area contributed by atoms with E-state index < -0.39 is 21.6 Å². The number of rotatable bonds is 4. The fraction of sp³-hybridized carbons (Fsp3) is 0.294. The molecule has 0 aliphatic carbocycles. The van der Waals surface area contributed by atoms with Crippen molar-refractivity contribution in [2.75, 3.05) is 28.8 Å². The molecule has 1 aliphatic rings. The molecule has 1 aromatic heterocycles. The second kappa shape index (κ2) is 6.79. The number of amides is 1. The van der Waals surface area contributed by atoms with Crippen molar-refractivity contribution in [2.24, 2.45) is 0 Å². The van der Waals surface area contributed by atoms with Crippen LogP contribution in [-0.4, -0.2) is 43.9 Å². The molecule has 1 saturated heterocycles. The first kappa shape index (κ1) is 17.3. The number of nitrogens with zero attached hydrogens (tertiary/aromatic N) is 2. The molecule has 8 heteroatoms. The first-order valence-corrected chi connectivity index (χ1v) is 9.61. The molecule has 2 aromatic rings. The minimum Gasteiger partial charge on any atom is -0.369 e. The van der Waals surface area contributed by atoms with Gasteiger partial charge < -0.3 is 10.2 Å². The summed E-state index contributed by atoms with van der Waals surface area (Å²) in [5.74, 6) is -0.572. The maximum absolute atomic E-state index is 13.2. The molecular weight excluding hydrogens is 345 g/mol. The highest BCUT2D eigenvalue weighted by atomic mass is 32.2. The molecular formula is C17H18FN3O3S. The molecule has 1 N–H and O–H groups in total. The van der Waals surface area contributed by atoms with Gasteiger partial charge in [-0.1, -0.05) is 6.07 Å². The molecule has 0 spiro atoms. The number of hydrogen-bond donors (Lipinski definition) is 1. The molecule has 1 amide bonds. The summed E-state index contributed by atoms with van der Waals surface area (Å²) >= 11 is 0. The third-order valence-corrected chi connectivity index (χ3v) is 5.98. The summed E-state index contributed by atoms with van der Waals surface area (Å²) < 4.78 is 36.5. The number of anilines is 2. The van der Waals surface area contributed by atoms with Gasteiger partial charge in [0.1, 0.15) is 5.82 Å². The Morgan fingerprint density at radius 1 is 1.32 bits per heavy atom. The van der Waals surface area contributed by atoms with Gasteiger partial charge in [-0.3, -0.25) is 9.78 Å². The van der Waals surface area contributed by atoms with E-state index in [1.807, 2.05) is 4.90 Å². The third-order valence-electron chi connectivity index (χ3n) is 4.23. The number of hydrogen-bond acceptors (Lipinski definition) is 5. The lowest BCUT2D eigenvalue weighted by Crippen LogP contribution is -2.32. The van der Waals surface area contributed by atoms with E-state index in [0.29, 0.717) is 23.4 Å². The van der Waals surface area contributed by atoms with E-state index in [2.05, 4.69) is 10.3 Å². The SMILES string of the molecule is CN(c1cncc(C(=O)Nc2cccc(F)c2)c1)C1CCS(=O)(=O)C1. The molecule has 1 unspecified atom stereocenters. The highest BCUT2D eigenvalue weighted by Crippen LogP contribution is 2.23. The van der Waals surface area contributed by atoms with Gasteiger partial charge in [-0.15, -0.1) is 0 Å². The van der Waals surface area contributed by atoms with Crippen LogP contribution < -0.4 is 10.2 Å². The average Bonchev–Trinajstić information content (AvgIpc) is 2.94. The molecule has 1 aliphatic heterocycles. The van der Waals surface area contributed by atoms with Gasteiger partial charge in [-0.25, -0.2) is 12.8 Å². The predicted molar refractivity (Wildman–Crippen MR) is 94.1 cm³/mol. The standard InChI is InChI=1S/C17H18FN3O3S/c1-21(15-5-6-25(23,24)11-15)16-7-12(9-19-10-16)17(22)20-14-4-2-3-13(18)8-14/h2-4,7-10,15H,5-6,11H2,1H3,(H,20,22). The number of aromatic nitrogens is 1. The number of carbonyl (C=O) groups is 1. The van der Waals surface area contributed by atoms with Crippen molar-refractivity contribution in [3.63, 3.8) is 0 Å². The zero-order valence-electron chi connectivity index (χ0n) is 13.6. The van der Waals surface area contributed by atoms with Gasteiger partial charge in [-0.05, 0) is 30.7 Å². The fourth-order valence-corrected chi connectivity index (χ4v) is 4.58. The van der Waals surface area contributed by atoms with Gasteiger partial charge in [0.25, 0.3) is 5.91 Å². The van der Waals surface area contributed by atoms with E-state index in [4.69, 9.17) is 0 Å². The van der Waals surface area contributed by atoms with Gasteiger partial charge in [0, 0.05) is 25.0 Å². The van der Waals surface area contributed by atoms with E-state index in [0.717, 1.165) is 0 Å². The van der Waals surface area contributed by atoms with Crippen LogP contribution in [0.4, 0.5) is 15.8 Å². The molecule has 132 valence electrons. The Kier molecular flexibility index (Phi) is 4.71. The largest absolute Gasteiger partial charge is 0.369 e. The van der Waals surface area contributed by atoms with Gasteiger partial charge in [0.15, 0.2) is 9.84 Å². The summed E-state index contributed by atoms with van der Waals surface area (Å²) in [4.78, 5) is 18.2. The van der Waals surface area contributed by atoms with Crippen molar-refractivity contribution < 1.29 is 17.6 Å². The van der Waals surface area contributed by atoms with Gasteiger partial charge in [0.2, 0.25) is 0 Å². The summed E-state index contributed by atoms with van der Waals surface area (Å²) in [5.41, 5.74) is 1.33. The third kappa shape index (κ3) is 4.14. The van der Waals surface area contributed by atoms with E-state index in [1.165, 1.54) is 24.4 Å². The van der Waals surface area contributed by atoms with E-state index in [1.54, 1.807) is 25.4 Å². The maximum Gasteiger partial charge on any atom is 0.257 e. The summed E-state index contributed by atoms with van der Waals surface area (Å²) in [6.07, 6.45) is 3.56. The monoisotopic (exact) mass is 363 g/mol. The average molecular weight is 363 g/mol. The molecule has 0 saturated carbocycles. The second-order valence-corrected chi connectivity index (χ2v) is 8.29. The Labute approximate surface area is 145 Å². The molecule has 1 atom stereocenters. The Morgan fingerprint density at radius 3 is 2.80 bits per heavy atom. The van der Waals surface area contributed by atoms with Crippen molar-refractivity contribution in [2.45, 2.75) is 12.5 Å². The van der Waals surface area contributed by atoms with Crippen LogP contribution in [0.1, 0.15) is 16.8 Å². The van der Waals surface area contributed by atoms with Crippen LogP contribution in [0, 0.1) is 5.82 Å². The number of nitrogens with one attached hydrogen (secondary N) is 1. The van der Waals surface area contributed by atoms with Gasteiger partial charge in [0.05, 0.1) is 29.0 Å². The second-order valence-electron chi connectivity index (χ2n) is 6.06. The molecule has 1 aromatic carbocycles. The topological polar surface area (TPSA) is 79.4 Å². The predicted octanol–water partition coefficient (Wildman–Crippen LogP) is 2.10. The normalized spacial score (nSPS) is 18.7. The van der Waals surface area contributed by atoms with Crippen molar-refractivity contribution in [3.8, 4) is 0 Å². The Hall–Kier alpha value is -2.48. The summed E-state index contributed by atoms with van der Waals surface area (Å²) in [5, 5.41) is 2.61. The molecule has 2 heterocycles. The minimum absolute atomic E-state index is 0.100. The summed E-state index contributed by atoms with van der Waals surface area (Å²) in [7, 11) is -1.21. The minimum atomic E-state index is -3.00. The highest BCUT2D eigenvalue weighted by Gasteiger charge is 2.31. The first-order valence-electron chi connectivity index (χ1n) is 7.79. The molecule has 0 bridgehead atoms. The molecule has 6 nitrogen and oxygen atoms in total. The number of sulfone groups is 1. The number of halogens is 1. The lowest BCUT2D eigenvalue weighted by Gasteiger charge is -2.25. The van der Waals surface area contributed by atoms with Crippen LogP contribution in [0.5, 0.6) is 0 Å². The quantitative estimate of drug-likeness (QED) is 0.900. The Bertz CT molecular complexity index is 902. The highest BCUT2D eigenvalue weighted by molar-refractivity contribution is 7.91. The van der Waals surface area contributed by atoms with Crippen LogP contribution in [0.25, 0.3) is 0 Å². The molecule has 1 fully saturated rings. The van der Waals surface area contributed by atoms with Crippen LogP contribution in [0.3, 0.4) is 0 Å². The van der Waals surface area contributed by atoms with Crippen molar-refractivity contribution in [1.82, 2.24) is 4.98 Å². The van der Waals surface area contributed by atoms with E-state index >= 15 is 0 Å².